The highest BCUT2D eigenvalue weighted by Gasteiger charge is 2.44. The third-order valence-electron chi connectivity index (χ3n) is 2.77. The normalized spacial score (nSPS) is 21.1. The summed E-state index contributed by atoms with van der Waals surface area (Å²) in [4.78, 5) is 7.35. The molecule has 0 bridgehead atoms. The number of nitrogens with zero attached hydrogens (tertiary/aromatic N) is 2. The van der Waals surface area contributed by atoms with Crippen molar-refractivity contribution in [2.45, 2.75) is 38.9 Å². The molecule has 5 heteroatoms. The van der Waals surface area contributed by atoms with Crippen molar-refractivity contribution in [2.75, 3.05) is 0 Å². The molecule has 2 heterocycles. The van der Waals surface area contributed by atoms with Gasteiger partial charge in [0.1, 0.15) is 6.33 Å². The van der Waals surface area contributed by atoms with Gasteiger partial charge in [0.15, 0.2) is 0 Å². The first-order chi connectivity index (χ1) is 6.96. The Morgan fingerprint density at radius 3 is 1.53 bits per heavy atom. The van der Waals surface area contributed by atoms with Crippen molar-refractivity contribution in [3.63, 3.8) is 0 Å². The molecule has 0 aromatic carbocycles. The molecular weight excluding hydrogens is 191 g/mol. The zero-order valence-electron chi connectivity index (χ0n) is 9.73. The van der Waals surface area contributed by atoms with Crippen molar-refractivity contribution in [2.24, 2.45) is 0 Å². The molecule has 0 spiro atoms. The Morgan fingerprint density at radius 1 is 0.933 bits per heavy atom. The molecule has 82 valence electrons. The second-order valence-corrected chi connectivity index (χ2v) is 4.33. The van der Waals surface area contributed by atoms with Crippen molar-refractivity contribution in [1.82, 2.24) is 9.97 Å². The van der Waals surface area contributed by atoms with Crippen molar-refractivity contribution in [3.8, 4) is 0 Å². The summed E-state index contributed by atoms with van der Waals surface area (Å²) >= 11 is 0. The van der Waals surface area contributed by atoms with Crippen LogP contribution in [-0.4, -0.2) is 28.9 Å². The minimum absolute atomic E-state index is 0.132. The van der Waals surface area contributed by atoms with Crippen LogP contribution in [0.5, 0.6) is 0 Å². The van der Waals surface area contributed by atoms with Crippen LogP contribution < -0.4 is 0 Å². The van der Waals surface area contributed by atoms with E-state index in [2.05, 4.69) is 9.97 Å². The summed E-state index contributed by atoms with van der Waals surface area (Å²) < 4.78 is 10.7. The summed E-state index contributed by atoms with van der Waals surface area (Å²) in [6.45, 7) is 8.17. The fourth-order valence-corrected chi connectivity index (χ4v) is 0.925. The zero-order valence-corrected chi connectivity index (χ0v) is 9.73. The first-order valence-electron chi connectivity index (χ1n) is 4.94. The van der Waals surface area contributed by atoms with Crippen LogP contribution in [-0.2, 0) is 9.31 Å². The number of rotatable bonds is 0. The van der Waals surface area contributed by atoms with Gasteiger partial charge in [-0.2, -0.15) is 0 Å². The van der Waals surface area contributed by atoms with Crippen molar-refractivity contribution in [3.05, 3.63) is 24.8 Å². The van der Waals surface area contributed by atoms with E-state index in [4.69, 9.17) is 9.31 Å². The molecule has 0 radical (unpaired) electrons. The Morgan fingerprint density at radius 2 is 1.40 bits per heavy atom. The van der Waals surface area contributed by atoms with E-state index in [0.29, 0.717) is 7.69 Å². The van der Waals surface area contributed by atoms with Gasteiger partial charge in [0.2, 0.25) is 0 Å². The lowest BCUT2D eigenvalue weighted by atomic mass is 9.90. The monoisotopic (exact) mass is 208 g/mol. The van der Waals surface area contributed by atoms with E-state index < -0.39 is 0 Å². The molecule has 0 N–H and O–H groups in total. The van der Waals surface area contributed by atoms with Gasteiger partial charge in [0, 0.05) is 12.4 Å². The Balaban J connectivity index is 0.000000162. The van der Waals surface area contributed by atoms with Crippen LogP contribution in [0.3, 0.4) is 0 Å². The highest BCUT2D eigenvalue weighted by molar-refractivity contribution is 6.19. The summed E-state index contributed by atoms with van der Waals surface area (Å²) in [6, 6.07) is 1.78. The Kier molecular flexibility index (Phi) is 3.82. The SMILES string of the molecule is CC1(C)OBOC1(C)C.c1cncnc1. The summed E-state index contributed by atoms with van der Waals surface area (Å²) in [5.74, 6) is 0. The van der Waals surface area contributed by atoms with Crippen molar-refractivity contribution < 1.29 is 9.31 Å². The maximum absolute atomic E-state index is 5.33. The van der Waals surface area contributed by atoms with Crippen LogP contribution >= 0.6 is 0 Å². The highest BCUT2D eigenvalue weighted by atomic mass is 16.7. The average molecular weight is 208 g/mol. The van der Waals surface area contributed by atoms with Gasteiger partial charge in [-0.05, 0) is 33.8 Å². The lowest BCUT2D eigenvalue weighted by molar-refractivity contribution is 0.00578. The lowest BCUT2D eigenvalue weighted by Crippen LogP contribution is -2.41. The molecular formula is C10H17BN2O2. The molecule has 1 fully saturated rings. The highest BCUT2D eigenvalue weighted by Crippen LogP contribution is 2.33. The summed E-state index contributed by atoms with van der Waals surface area (Å²) in [5, 5.41) is 0. The van der Waals surface area contributed by atoms with E-state index in [1.54, 1.807) is 18.5 Å². The maximum atomic E-state index is 5.33. The second-order valence-electron chi connectivity index (χ2n) is 4.33. The van der Waals surface area contributed by atoms with Gasteiger partial charge >= 0.3 is 7.69 Å². The van der Waals surface area contributed by atoms with Gasteiger partial charge in [0.05, 0.1) is 11.2 Å². The fraction of sp³-hybridized carbons (Fsp3) is 0.600. The average Bonchev–Trinajstić information content (AvgIpc) is 2.43. The van der Waals surface area contributed by atoms with Crippen LogP contribution in [0.25, 0.3) is 0 Å². The molecule has 2 rings (SSSR count). The van der Waals surface area contributed by atoms with Gasteiger partial charge in [-0.3, -0.25) is 0 Å². The molecule has 1 aromatic heterocycles. The molecule has 4 nitrogen and oxygen atoms in total. The van der Waals surface area contributed by atoms with Crippen LogP contribution in [0.1, 0.15) is 27.7 Å². The molecule has 1 aliphatic heterocycles. The molecule has 0 unspecified atom stereocenters. The third kappa shape index (κ3) is 3.29. The Hall–Kier alpha value is -0.935. The van der Waals surface area contributed by atoms with E-state index in [0.717, 1.165) is 0 Å². The van der Waals surface area contributed by atoms with Crippen molar-refractivity contribution in [1.29, 1.82) is 0 Å². The van der Waals surface area contributed by atoms with Crippen LogP contribution in [0.15, 0.2) is 24.8 Å². The van der Waals surface area contributed by atoms with Gasteiger partial charge in [-0.1, -0.05) is 0 Å². The topological polar surface area (TPSA) is 44.2 Å². The van der Waals surface area contributed by atoms with Gasteiger partial charge in [0.25, 0.3) is 0 Å². The summed E-state index contributed by atoms with van der Waals surface area (Å²) in [6.07, 6.45) is 4.88. The predicted molar refractivity (Wildman–Crippen MR) is 59.5 cm³/mol. The quantitative estimate of drug-likeness (QED) is 0.603. The molecule has 0 saturated carbocycles. The first kappa shape index (κ1) is 12.1. The first-order valence-corrected chi connectivity index (χ1v) is 4.94. The number of hydrogen-bond donors (Lipinski definition) is 0. The van der Waals surface area contributed by atoms with Crippen LogP contribution in [0.4, 0.5) is 0 Å². The zero-order chi connectivity index (χ0) is 11.4. The van der Waals surface area contributed by atoms with E-state index in [-0.39, 0.29) is 11.2 Å². The largest absolute Gasteiger partial charge is 0.439 e. The standard InChI is InChI=1S/C6H13BO2.C4H4N2/c1-5(2)6(3,4)9-7-8-5;1-2-5-4-6-3-1/h7H,1-4H3;1-4H. The number of aromatic nitrogens is 2. The van der Waals surface area contributed by atoms with Gasteiger partial charge in [-0.25, -0.2) is 9.97 Å². The van der Waals surface area contributed by atoms with E-state index in [9.17, 15) is 0 Å². The molecule has 15 heavy (non-hydrogen) atoms. The molecule has 1 saturated heterocycles. The maximum Gasteiger partial charge on any atom is 0.439 e. The number of hydrogen-bond acceptors (Lipinski definition) is 4. The minimum Gasteiger partial charge on any atom is -0.406 e. The Labute approximate surface area is 91.3 Å². The van der Waals surface area contributed by atoms with E-state index >= 15 is 0 Å². The molecule has 0 atom stereocenters. The fourth-order valence-electron chi connectivity index (χ4n) is 0.925. The molecule has 0 aliphatic carbocycles. The molecule has 1 aromatic rings. The van der Waals surface area contributed by atoms with Crippen LogP contribution in [0.2, 0.25) is 0 Å². The second kappa shape index (κ2) is 4.72. The van der Waals surface area contributed by atoms with Gasteiger partial charge in [-0.15, -0.1) is 0 Å². The molecule has 0 amide bonds. The molecule has 1 aliphatic rings. The predicted octanol–water partition coefficient (Wildman–Crippen LogP) is 1.33. The minimum atomic E-state index is -0.132. The third-order valence-corrected chi connectivity index (χ3v) is 2.77. The summed E-state index contributed by atoms with van der Waals surface area (Å²) in [5.41, 5.74) is -0.264. The van der Waals surface area contributed by atoms with Crippen LogP contribution in [0, 0.1) is 0 Å². The smallest absolute Gasteiger partial charge is 0.406 e. The van der Waals surface area contributed by atoms with E-state index in [1.807, 2.05) is 27.7 Å². The van der Waals surface area contributed by atoms with Crippen molar-refractivity contribution >= 4 is 7.69 Å². The van der Waals surface area contributed by atoms with E-state index in [1.165, 1.54) is 6.33 Å². The summed E-state index contributed by atoms with van der Waals surface area (Å²) in [7, 11) is 0.431. The van der Waals surface area contributed by atoms with Gasteiger partial charge < -0.3 is 9.31 Å². The lowest BCUT2D eigenvalue weighted by Gasteiger charge is -2.32. The Bertz CT molecular complexity index is 250.